The summed E-state index contributed by atoms with van der Waals surface area (Å²) in [5.41, 5.74) is 2.18. The zero-order chi connectivity index (χ0) is 19.6. The Kier molecular flexibility index (Phi) is 7.79. The zero-order valence-electron chi connectivity index (χ0n) is 16.3. The van der Waals surface area contributed by atoms with Crippen LogP contribution in [-0.2, 0) is 11.2 Å². The topological polar surface area (TPSA) is 66.0 Å². The first-order valence-electron chi connectivity index (χ1n) is 8.91. The van der Waals surface area contributed by atoms with E-state index in [1.54, 1.807) is 20.3 Å². The molecule has 0 fully saturated rings. The van der Waals surface area contributed by atoms with Gasteiger partial charge < -0.3 is 24.3 Å². The molecule has 0 spiro atoms. The molecule has 0 saturated carbocycles. The van der Waals surface area contributed by atoms with Crippen LogP contribution >= 0.6 is 0 Å². The third-order valence-electron chi connectivity index (χ3n) is 4.07. The number of hydrogen-bond donors (Lipinski definition) is 1. The molecule has 0 aliphatic heterocycles. The molecule has 2 aromatic rings. The van der Waals surface area contributed by atoms with Crippen LogP contribution in [0.15, 0.2) is 36.4 Å². The fourth-order valence-corrected chi connectivity index (χ4v) is 2.67. The molecule has 0 heterocycles. The lowest BCUT2D eigenvalue weighted by atomic mass is 10.0. The number of nitrogens with one attached hydrogen (secondary N) is 1. The van der Waals surface area contributed by atoms with E-state index in [9.17, 15) is 4.79 Å². The van der Waals surface area contributed by atoms with Crippen LogP contribution in [0.1, 0.15) is 18.1 Å². The first kappa shape index (κ1) is 20.4. The van der Waals surface area contributed by atoms with Crippen LogP contribution in [0.25, 0.3) is 0 Å². The number of aryl methyl sites for hydroxylation is 1. The lowest BCUT2D eigenvalue weighted by molar-refractivity contribution is -0.123. The van der Waals surface area contributed by atoms with Crippen LogP contribution < -0.4 is 24.3 Å². The van der Waals surface area contributed by atoms with Gasteiger partial charge in [0.15, 0.2) is 29.6 Å². The van der Waals surface area contributed by atoms with Crippen molar-refractivity contribution in [2.75, 3.05) is 34.0 Å². The van der Waals surface area contributed by atoms with E-state index < -0.39 is 0 Å². The Labute approximate surface area is 160 Å². The summed E-state index contributed by atoms with van der Waals surface area (Å²) in [6.45, 7) is 4.89. The number of methoxy groups -OCH3 is 2. The number of carbonyl (C=O) groups is 1. The first-order valence-corrected chi connectivity index (χ1v) is 8.91. The van der Waals surface area contributed by atoms with Crippen molar-refractivity contribution < 1.29 is 23.7 Å². The van der Waals surface area contributed by atoms with Gasteiger partial charge in [0.25, 0.3) is 5.91 Å². The lowest BCUT2D eigenvalue weighted by Crippen LogP contribution is -2.30. The molecule has 0 aliphatic carbocycles. The number of ether oxygens (including phenoxy) is 4. The monoisotopic (exact) mass is 373 g/mol. The molecule has 146 valence electrons. The van der Waals surface area contributed by atoms with Gasteiger partial charge in [0.1, 0.15) is 0 Å². The predicted molar refractivity (Wildman–Crippen MR) is 104 cm³/mol. The fourth-order valence-electron chi connectivity index (χ4n) is 2.67. The van der Waals surface area contributed by atoms with Crippen molar-refractivity contribution in [1.29, 1.82) is 0 Å². The normalized spacial score (nSPS) is 10.2. The molecule has 6 nitrogen and oxygen atoms in total. The highest BCUT2D eigenvalue weighted by Crippen LogP contribution is 2.30. The van der Waals surface area contributed by atoms with Crippen LogP contribution in [0.3, 0.4) is 0 Å². The minimum atomic E-state index is -0.181. The summed E-state index contributed by atoms with van der Waals surface area (Å²) < 4.78 is 21.7. The molecule has 0 unspecified atom stereocenters. The largest absolute Gasteiger partial charge is 0.493 e. The first-order chi connectivity index (χ1) is 13.1. The van der Waals surface area contributed by atoms with E-state index in [1.165, 1.54) is 0 Å². The number of carbonyl (C=O) groups excluding carboxylic acids is 1. The molecule has 0 aliphatic rings. The fraction of sp³-hybridized carbons (Fsp3) is 0.381. The van der Waals surface area contributed by atoms with Crippen molar-refractivity contribution in [3.8, 4) is 23.0 Å². The Morgan fingerprint density at radius 2 is 1.59 bits per heavy atom. The molecule has 2 rings (SSSR count). The number of hydrogen-bond acceptors (Lipinski definition) is 5. The highest BCUT2D eigenvalue weighted by atomic mass is 16.5. The quantitative estimate of drug-likeness (QED) is 0.693. The Morgan fingerprint density at radius 3 is 2.22 bits per heavy atom. The minimum Gasteiger partial charge on any atom is -0.493 e. The Hall–Kier alpha value is -2.89. The van der Waals surface area contributed by atoms with Crippen molar-refractivity contribution >= 4 is 5.91 Å². The minimum absolute atomic E-state index is 0.0605. The van der Waals surface area contributed by atoms with E-state index in [0.29, 0.717) is 42.6 Å². The summed E-state index contributed by atoms with van der Waals surface area (Å²) in [4.78, 5) is 12.1. The van der Waals surface area contributed by atoms with Gasteiger partial charge >= 0.3 is 0 Å². The van der Waals surface area contributed by atoms with Crippen LogP contribution in [0.4, 0.5) is 0 Å². The van der Waals surface area contributed by atoms with Gasteiger partial charge in [-0.25, -0.2) is 0 Å². The predicted octanol–water partition coefficient (Wildman–Crippen LogP) is 3.15. The molecule has 6 heteroatoms. The van der Waals surface area contributed by atoms with Crippen molar-refractivity contribution in [1.82, 2.24) is 5.32 Å². The second-order valence-corrected chi connectivity index (χ2v) is 5.90. The molecule has 0 atom stereocenters. The zero-order valence-corrected chi connectivity index (χ0v) is 16.3. The second kappa shape index (κ2) is 10.3. The SMILES string of the molecule is CCOc1ccccc1OCC(=O)NCCc1cc(OC)c(OC)cc1C. The summed E-state index contributed by atoms with van der Waals surface area (Å²) in [5.74, 6) is 2.39. The smallest absolute Gasteiger partial charge is 0.257 e. The van der Waals surface area contributed by atoms with Crippen LogP contribution in [0.5, 0.6) is 23.0 Å². The van der Waals surface area contributed by atoms with Gasteiger partial charge in [-0.15, -0.1) is 0 Å². The van der Waals surface area contributed by atoms with Crippen molar-refractivity contribution in [3.63, 3.8) is 0 Å². The maximum Gasteiger partial charge on any atom is 0.257 e. The highest BCUT2D eigenvalue weighted by Gasteiger charge is 2.10. The number of benzene rings is 2. The van der Waals surface area contributed by atoms with E-state index in [2.05, 4.69) is 5.32 Å². The van der Waals surface area contributed by atoms with Crippen molar-refractivity contribution in [3.05, 3.63) is 47.5 Å². The van der Waals surface area contributed by atoms with Crippen molar-refractivity contribution in [2.45, 2.75) is 20.3 Å². The van der Waals surface area contributed by atoms with Gasteiger partial charge in [0.2, 0.25) is 0 Å². The Balaban J connectivity index is 1.85. The van der Waals surface area contributed by atoms with Gasteiger partial charge in [-0.2, -0.15) is 0 Å². The van der Waals surface area contributed by atoms with E-state index >= 15 is 0 Å². The van der Waals surface area contributed by atoms with E-state index in [0.717, 1.165) is 11.1 Å². The van der Waals surface area contributed by atoms with E-state index in [4.69, 9.17) is 18.9 Å². The molecule has 27 heavy (non-hydrogen) atoms. The summed E-state index contributed by atoms with van der Waals surface area (Å²) in [5, 5.41) is 2.87. The lowest BCUT2D eigenvalue weighted by Gasteiger charge is -2.14. The number of para-hydroxylation sites is 2. The summed E-state index contributed by atoms with van der Waals surface area (Å²) >= 11 is 0. The molecule has 1 N–H and O–H groups in total. The van der Waals surface area contributed by atoms with Gasteiger partial charge in [-0.1, -0.05) is 12.1 Å². The second-order valence-electron chi connectivity index (χ2n) is 5.90. The van der Waals surface area contributed by atoms with Crippen LogP contribution in [0.2, 0.25) is 0 Å². The molecule has 0 radical (unpaired) electrons. The molecule has 2 aromatic carbocycles. The molecule has 1 amide bonds. The molecule has 0 aromatic heterocycles. The van der Waals surface area contributed by atoms with Gasteiger partial charge in [-0.3, -0.25) is 4.79 Å². The Morgan fingerprint density at radius 1 is 0.963 bits per heavy atom. The van der Waals surface area contributed by atoms with E-state index in [1.807, 2.05) is 44.2 Å². The summed E-state index contributed by atoms with van der Waals surface area (Å²) in [6.07, 6.45) is 0.688. The maximum atomic E-state index is 12.1. The standard InChI is InChI=1S/C21H27NO5/c1-5-26-17-8-6-7-9-18(17)27-14-21(23)22-11-10-16-13-20(25-4)19(24-3)12-15(16)2/h6-9,12-13H,5,10-11,14H2,1-4H3,(H,22,23). The van der Waals surface area contributed by atoms with Crippen LogP contribution in [-0.4, -0.2) is 39.9 Å². The molecule has 0 bridgehead atoms. The molecular weight excluding hydrogens is 346 g/mol. The third-order valence-corrected chi connectivity index (χ3v) is 4.07. The average Bonchev–Trinajstić information content (AvgIpc) is 2.68. The van der Waals surface area contributed by atoms with Crippen LogP contribution in [0, 0.1) is 6.92 Å². The summed E-state index contributed by atoms with van der Waals surface area (Å²) in [6, 6.07) is 11.2. The third kappa shape index (κ3) is 5.81. The van der Waals surface area contributed by atoms with E-state index in [-0.39, 0.29) is 12.5 Å². The number of rotatable bonds is 10. The summed E-state index contributed by atoms with van der Waals surface area (Å²) in [7, 11) is 3.22. The highest BCUT2D eigenvalue weighted by molar-refractivity contribution is 5.77. The number of amides is 1. The van der Waals surface area contributed by atoms with Gasteiger partial charge in [-0.05, 0) is 55.7 Å². The van der Waals surface area contributed by atoms with Gasteiger partial charge in [0, 0.05) is 6.54 Å². The van der Waals surface area contributed by atoms with Crippen molar-refractivity contribution in [2.24, 2.45) is 0 Å². The Bertz CT molecular complexity index is 760. The molecular formula is C21H27NO5. The maximum absolute atomic E-state index is 12.1. The van der Waals surface area contributed by atoms with Gasteiger partial charge in [0.05, 0.1) is 20.8 Å². The molecule has 0 saturated heterocycles. The average molecular weight is 373 g/mol.